The van der Waals surface area contributed by atoms with Gasteiger partial charge in [-0.15, -0.1) is 11.8 Å². The molecule has 0 atom stereocenters. The maximum absolute atomic E-state index is 13.1. The minimum absolute atomic E-state index is 0.366. The van der Waals surface area contributed by atoms with Crippen molar-refractivity contribution in [2.24, 2.45) is 0 Å². The lowest BCUT2D eigenvalue weighted by Crippen LogP contribution is -1.88. The van der Waals surface area contributed by atoms with Gasteiger partial charge in [0.1, 0.15) is 11.3 Å². The molecule has 3 heterocycles. The molecule has 0 aliphatic carbocycles. The average molecular weight is 271 g/mol. The first-order chi connectivity index (χ1) is 9.33. The monoisotopic (exact) mass is 271 g/mol. The van der Waals surface area contributed by atoms with E-state index in [2.05, 4.69) is 15.0 Å². The zero-order chi connectivity index (χ0) is 13.1. The molecule has 3 rings (SSSR count). The minimum Gasteiger partial charge on any atom is -0.264 e. The van der Waals surface area contributed by atoms with E-state index in [9.17, 15) is 4.39 Å². The molecule has 0 aliphatic rings. The third-order valence-electron chi connectivity index (χ3n) is 2.62. The summed E-state index contributed by atoms with van der Waals surface area (Å²) < 4.78 is 13.1. The second kappa shape index (κ2) is 5.32. The Hall–Kier alpha value is -2.01. The molecule has 0 saturated carbocycles. The van der Waals surface area contributed by atoms with Crippen LogP contribution in [0.5, 0.6) is 0 Å². The second-order valence-electron chi connectivity index (χ2n) is 3.98. The molecule has 0 aliphatic heterocycles. The summed E-state index contributed by atoms with van der Waals surface area (Å²) in [6.07, 6.45) is 6.48. The number of pyridine rings is 3. The number of fused-ring (bicyclic) bond motifs is 1. The Kier molecular flexibility index (Phi) is 3.37. The quantitative estimate of drug-likeness (QED) is 0.684. The molecule has 0 radical (unpaired) electrons. The third-order valence-corrected chi connectivity index (χ3v) is 3.74. The molecule has 0 spiro atoms. The molecular formula is C14H10FN3S. The minimum atomic E-state index is -0.366. The molecule has 0 aromatic carbocycles. The van der Waals surface area contributed by atoms with Crippen LogP contribution in [0, 0.1) is 5.82 Å². The zero-order valence-corrected chi connectivity index (χ0v) is 10.8. The summed E-state index contributed by atoms with van der Waals surface area (Å²) in [5, 5.41) is 0. The van der Waals surface area contributed by atoms with Gasteiger partial charge in [-0.2, -0.15) is 0 Å². The average Bonchev–Trinajstić information content (AvgIpc) is 2.45. The highest BCUT2D eigenvalue weighted by molar-refractivity contribution is 7.98. The van der Waals surface area contributed by atoms with E-state index in [4.69, 9.17) is 0 Å². The maximum atomic E-state index is 13.1. The normalized spacial score (nSPS) is 10.8. The fourth-order valence-corrected chi connectivity index (χ4v) is 2.69. The lowest BCUT2D eigenvalue weighted by molar-refractivity contribution is 0.623. The van der Waals surface area contributed by atoms with Crippen molar-refractivity contribution in [3.05, 3.63) is 60.4 Å². The van der Waals surface area contributed by atoms with Gasteiger partial charge in [-0.1, -0.05) is 6.07 Å². The number of nitrogens with zero attached hydrogens (tertiary/aromatic N) is 3. The Labute approximate surface area is 113 Å². The Morgan fingerprint density at radius 3 is 2.89 bits per heavy atom. The Morgan fingerprint density at radius 2 is 2.05 bits per heavy atom. The van der Waals surface area contributed by atoms with Crippen molar-refractivity contribution in [2.75, 3.05) is 0 Å². The predicted octanol–water partition coefficient (Wildman–Crippen LogP) is 3.46. The Bertz CT molecular complexity index is 703. The van der Waals surface area contributed by atoms with Crippen LogP contribution in [0.2, 0.25) is 0 Å². The topological polar surface area (TPSA) is 38.7 Å². The molecule has 3 nitrogen and oxygen atoms in total. The number of hydrogen-bond acceptors (Lipinski definition) is 4. The first kappa shape index (κ1) is 12.0. The molecule has 19 heavy (non-hydrogen) atoms. The van der Waals surface area contributed by atoms with Crippen LogP contribution >= 0.6 is 11.8 Å². The molecule has 3 aromatic heterocycles. The summed E-state index contributed by atoms with van der Waals surface area (Å²) in [4.78, 5) is 13.3. The van der Waals surface area contributed by atoms with Crippen molar-refractivity contribution < 1.29 is 4.39 Å². The van der Waals surface area contributed by atoms with Crippen LogP contribution < -0.4 is 0 Å². The summed E-state index contributed by atoms with van der Waals surface area (Å²) in [5.41, 5.74) is 2.45. The van der Waals surface area contributed by atoms with Crippen molar-refractivity contribution in [3.8, 4) is 0 Å². The van der Waals surface area contributed by atoms with Gasteiger partial charge in [0.15, 0.2) is 0 Å². The summed E-state index contributed by atoms with van der Waals surface area (Å²) in [6, 6.07) is 7.23. The molecule has 94 valence electrons. The van der Waals surface area contributed by atoms with E-state index in [1.54, 1.807) is 24.2 Å². The van der Waals surface area contributed by atoms with E-state index in [1.807, 2.05) is 24.4 Å². The van der Waals surface area contributed by atoms with Crippen LogP contribution in [-0.4, -0.2) is 15.0 Å². The molecule has 0 unspecified atom stereocenters. The fourth-order valence-electron chi connectivity index (χ4n) is 1.74. The van der Waals surface area contributed by atoms with E-state index in [1.165, 1.54) is 12.3 Å². The van der Waals surface area contributed by atoms with E-state index in [0.717, 1.165) is 21.7 Å². The van der Waals surface area contributed by atoms with Gasteiger partial charge in [0.05, 0.1) is 11.7 Å². The molecule has 5 heteroatoms. The van der Waals surface area contributed by atoms with Gasteiger partial charge in [0.2, 0.25) is 0 Å². The van der Waals surface area contributed by atoms with E-state index < -0.39 is 0 Å². The molecule has 0 bridgehead atoms. The van der Waals surface area contributed by atoms with Crippen LogP contribution in [0.4, 0.5) is 4.39 Å². The van der Waals surface area contributed by atoms with Crippen LogP contribution in [0.1, 0.15) is 5.56 Å². The lowest BCUT2D eigenvalue weighted by Gasteiger charge is -2.04. The molecular weight excluding hydrogens is 261 g/mol. The van der Waals surface area contributed by atoms with Gasteiger partial charge in [-0.25, -0.2) is 4.39 Å². The maximum Gasteiger partial charge on any atom is 0.143 e. The highest BCUT2D eigenvalue weighted by atomic mass is 32.2. The van der Waals surface area contributed by atoms with Gasteiger partial charge >= 0.3 is 0 Å². The Morgan fingerprint density at radius 1 is 1.11 bits per heavy atom. The number of halogens is 1. The lowest BCUT2D eigenvalue weighted by atomic mass is 10.3. The van der Waals surface area contributed by atoms with Gasteiger partial charge < -0.3 is 0 Å². The predicted molar refractivity (Wildman–Crippen MR) is 73.3 cm³/mol. The van der Waals surface area contributed by atoms with Gasteiger partial charge in [-0.05, 0) is 17.7 Å². The fraction of sp³-hybridized carbons (Fsp3) is 0.0714. The van der Waals surface area contributed by atoms with Crippen molar-refractivity contribution in [2.45, 2.75) is 10.6 Å². The highest BCUT2D eigenvalue weighted by Gasteiger charge is 2.05. The van der Waals surface area contributed by atoms with Crippen molar-refractivity contribution in [1.82, 2.24) is 15.0 Å². The van der Waals surface area contributed by atoms with Crippen LogP contribution in [0.25, 0.3) is 11.0 Å². The van der Waals surface area contributed by atoms with Gasteiger partial charge in [0, 0.05) is 35.3 Å². The summed E-state index contributed by atoms with van der Waals surface area (Å²) in [6.45, 7) is 0. The van der Waals surface area contributed by atoms with Crippen molar-refractivity contribution in [3.63, 3.8) is 0 Å². The first-order valence-corrected chi connectivity index (χ1v) is 6.73. The SMILES string of the molecule is Fc1cnc2c(SCc3cccnc3)ccnc2c1. The van der Waals surface area contributed by atoms with Gasteiger partial charge in [-0.3, -0.25) is 15.0 Å². The summed E-state index contributed by atoms with van der Waals surface area (Å²) >= 11 is 1.64. The molecule has 0 N–H and O–H groups in total. The smallest absolute Gasteiger partial charge is 0.143 e. The standard InChI is InChI=1S/C14H10FN3S/c15-11-6-12-14(18-8-11)13(3-5-17-12)19-9-10-2-1-4-16-7-10/h1-8H,9H2. The van der Waals surface area contributed by atoms with Crippen molar-refractivity contribution in [1.29, 1.82) is 0 Å². The van der Waals surface area contributed by atoms with Crippen LogP contribution in [0.15, 0.2) is 53.9 Å². The molecule has 0 amide bonds. The van der Waals surface area contributed by atoms with Crippen LogP contribution in [-0.2, 0) is 5.75 Å². The first-order valence-electron chi connectivity index (χ1n) is 5.75. The van der Waals surface area contributed by atoms with Gasteiger partial charge in [0.25, 0.3) is 0 Å². The molecule has 0 fully saturated rings. The number of aromatic nitrogens is 3. The zero-order valence-electron chi connectivity index (χ0n) is 9.95. The van der Waals surface area contributed by atoms with E-state index in [-0.39, 0.29) is 5.82 Å². The number of rotatable bonds is 3. The molecule has 0 saturated heterocycles. The summed E-state index contributed by atoms with van der Waals surface area (Å²) in [5.74, 6) is 0.431. The highest BCUT2D eigenvalue weighted by Crippen LogP contribution is 2.27. The van der Waals surface area contributed by atoms with E-state index >= 15 is 0 Å². The van der Waals surface area contributed by atoms with Crippen LogP contribution in [0.3, 0.4) is 0 Å². The van der Waals surface area contributed by atoms with Crippen molar-refractivity contribution >= 4 is 22.8 Å². The molecule has 3 aromatic rings. The largest absolute Gasteiger partial charge is 0.264 e. The number of thioether (sulfide) groups is 1. The van der Waals surface area contributed by atoms with E-state index in [0.29, 0.717) is 5.52 Å². The Balaban J connectivity index is 1.89. The second-order valence-corrected chi connectivity index (χ2v) is 5.00. The third kappa shape index (κ3) is 2.71. The number of hydrogen-bond donors (Lipinski definition) is 0. The summed E-state index contributed by atoms with van der Waals surface area (Å²) in [7, 11) is 0.